The molecule has 33 heavy (non-hydrogen) atoms. The monoisotopic (exact) mass is 478 g/mol. The minimum Gasteiger partial charge on any atom is -0.322 e. The molecule has 1 heterocycles. The molecule has 0 saturated carbocycles. The first-order chi connectivity index (χ1) is 15.5. The average molecular weight is 478 g/mol. The van der Waals surface area contributed by atoms with E-state index < -0.39 is 33.4 Å². The van der Waals surface area contributed by atoms with Crippen LogP contribution in [0.25, 0.3) is 5.69 Å². The topological polar surface area (TPSA) is 93.1 Å². The van der Waals surface area contributed by atoms with Crippen molar-refractivity contribution in [3.8, 4) is 5.69 Å². The predicted molar refractivity (Wildman–Crippen MR) is 119 cm³/mol. The van der Waals surface area contributed by atoms with Crippen LogP contribution in [0.5, 0.6) is 0 Å². The summed E-state index contributed by atoms with van der Waals surface area (Å²) in [5.74, 6) is -1.29. The summed E-state index contributed by atoms with van der Waals surface area (Å²) in [5, 5.41) is 6.18. The molecule has 0 radical (unpaired) electrons. The highest BCUT2D eigenvalue weighted by molar-refractivity contribution is 7.88. The highest BCUT2D eigenvalue weighted by Gasteiger charge is 2.40. The van der Waals surface area contributed by atoms with Crippen LogP contribution in [0.2, 0.25) is 0 Å². The molecule has 2 N–H and O–H groups in total. The molecule has 174 valence electrons. The van der Waals surface area contributed by atoms with Crippen molar-refractivity contribution in [3.63, 3.8) is 0 Å². The van der Waals surface area contributed by atoms with Crippen LogP contribution in [0.3, 0.4) is 0 Å². The van der Waals surface area contributed by atoms with Gasteiger partial charge in [-0.15, -0.1) is 6.58 Å². The number of halogens is 3. The van der Waals surface area contributed by atoms with Crippen molar-refractivity contribution in [1.29, 1.82) is 0 Å². The van der Waals surface area contributed by atoms with E-state index in [1.165, 1.54) is 42.5 Å². The Kier molecular flexibility index (Phi) is 7.04. The van der Waals surface area contributed by atoms with E-state index in [1.807, 2.05) is 0 Å². The van der Waals surface area contributed by atoms with E-state index in [1.54, 1.807) is 19.1 Å². The molecular formula is C22H21F3N4O3S. The summed E-state index contributed by atoms with van der Waals surface area (Å²) in [4.78, 5) is 12.6. The van der Waals surface area contributed by atoms with Crippen LogP contribution in [0.15, 0.2) is 67.4 Å². The SMILES string of the molecule is C=CCNS(=O)(=O)Cc1ccc(NC(=O)c2cnn(-c3ccc(C)cc3)c2C(F)(F)F)cc1. The molecule has 0 bridgehead atoms. The summed E-state index contributed by atoms with van der Waals surface area (Å²) in [6.07, 6.45) is -2.55. The van der Waals surface area contributed by atoms with Gasteiger partial charge in [0.2, 0.25) is 10.0 Å². The number of nitrogens with one attached hydrogen (secondary N) is 2. The third kappa shape index (κ3) is 6.08. The number of hydrogen-bond donors (Lipinski definition) is 2. The van der Waals surface area contributed by atoms with Gasteiger partial charge in [-0.3, -0.25) is 4.79 Å². The summed E-state index contributed by atoms with van der Waals surface area (Å²) in [5.41, 5.74) is -0.153. The van der Waals surface area contributed by atoms with Crippen LogP contribution in [0.4, 0.5) is 18.9 Å². The number of carbonyl (C=O) groups excluding carboxylic acids is 1. The number of aryl methyl sites for hydroxylation is 1. The lowest BCUT2D eigenvalue weighted by Crippen LogP contribution is -2.25. The van der Waals surface area contributed by atoms with E-state index in [0.717, 1.165) is 11.8 Å². The maximum Gasteiger partial charge on any atom is 0.434 e. The van der Waals surface area contributed by atoms with Crippen molar-refractivity contribution in [1.82, 2.24) is 14.5 Å². The van der Waals surface area contributed by atoms with E-state index in [9.17, 15) is 26.4 Å². The zero-order valence-corrected chi connectivity index (χ0v) is 18.4. The second kappa shape index (κ2) is 9.59. The maximum atomic E-state index is 13.8. The first-order valence-electron chi connectivity index (χ1n) is 9.71. The zero-order chi connectivity index (χ0) is 24.2. The number of rotatable bonds is 8. The summed E-state index contributed by atoms with van der Waals surface area (Å²) in [7, 11) is -3.57. The Hall–Kier alpha value is -3.44. The van der Waals surface area contributed by atoms with Crippen LogP contribution in [-0.4, -0.2) is 30.7 Å². The van der Waals surface area contributed by atoms with Crippen molar-refractivity contribution >= 4 is 21.6 Å². The van der Waals surface area contributed by atoms with Crippen LogP contribution in [-0.2, 0) is 22.0 Å². The fourth-order valence-corrected chi connectivity index (χ4v) is 4.11. The van der Waals surface area contributed by atoms with Crippen LogP contribution >= 0.6 is 0 Å². The largest absolute Gasteiger partial charge is 0.434 e. The highest BCUT2D eigenvalue weighted by Crippen LogP contribution is 2.34. The Morgan fingerprint density at radius 1 is 1.12 bits per heavy atom. The Morgan fingerprint density at radius 2 is 1.76 bits per heavy atom. The first-order valence-corrected chi connectivity index (χ1v) is 11.4. The van der Waals surface area contributed by atoms with E-state index in [2.05, 4.69) is 21.7 Å². The van der Waals surface area contributed by atoms with Gasteiger partial charge in [0.15, 0.2) is 5.69 Å². The fourth-order valence-electron chi connectivity index (χ4n) is 3.01. The van der Waals surface area contributed by atoms with Crippen molar-refractivity contribution in [2.75, 3.05) is 11.9 Å². The standard InChI is InChI=1S/C22H21F3N4O3S/c1-3-12-27-33(31,32)14-16-6-8-17(9-7-16)28-21(30)19-13-26-29(20(19)22(23,24)25)18-10-4-15(2)5-11-18/h3-11,13,27H,1,12,14H2,2H3,(H,28,30). The molecule has 0 aliphatic heterocycles. The third-order valence-corrected chi connectivity index (χ3v) is 5.90. The van der Waals surface area contributed by atoms with Gasteiger partial charge >= 0.3 is 6.18 Å². The number of benzene rings is 2. The van der Waals surface area contributed by atoms with Gasteiger partial charge in [-0.2, -0.15) is 18.3 Å². The Balaban J connectivity index is 1.82. The van der Waals surface area contributed by atoms with Crippen LogP contribution in [0.1, 0.15) is 27.2 Å². The predicted octanol–water partition coefficient (Wildman–Crippen LogP) is 4.06. The number of sulfonamides is 1. The number of aromatic nitrogens is 2. The lowest BCUT2D eigenvalue weighted by Gasteiger charge is -2.13. The maximum absolute atomic E-state index is 13.8. The number of carbonyl (C=O) groups is 1. The van der Waals surface area contributed by atoms with Crippen molar-refractivity contribution in [2.24, 2.45) is 0 Å². The summed E-state index contributed by atoms with van der Waals surface area (Å²) in [6, 6.07) is 12.0. The first kappa shape index (κ1) is 24.2. The van der Waals surface area contributed by atoms with E-state index >= 15 is 0 Å². The van der Waals surface area contributed by atoms with Gasteiger partial charge in [-0.1, -0.05) is 35.9 Å². The van der Waals surface area contributed by atoms with E-state index in [4.69, 9.17) is 0 Å². The summed E-state index contributed by atoms with van der Waals surface area (Å²) < 4.78 is 68.3. The Labute approximate surface area is 189 Å². The number of amides is 1. The fraction of sp³-hybridized carbons (Fsp3) is 0.182. The molecule has 0 spiro atoms. The molecule has 3 aromatic rings. The number of hydrogen-bond acceptors (Lipinski definition) is 4. The molecule has 1 aromatic heterocycles. The smallest absolute Gasteiger partial charge is 0.322 e. The van der Waals surface area contributed by atoms with Crippen LogP contribution in [0, 0.1) is 6.92 Å². The van der Waals surface area contributed by atoms with E-state index in [-0.39, 0.29) is 23.7 Å². The van der Waals surface area contributed by atoms with E-state index in [0.29, 0.717) is 10.2 Å². The lowest BCUT2D eigenvalue weighted by atomic mass is 10.2. The molecule has 0 saturated heterocycles. The van der Waals surface area contributed by atoms with Gasteiger partial charge in [0, 0.05) is 12.2 Å². The molecule has 3 rings (SSSR count). The normalized spacial score (nSPS) is 11.9. The molecule has 2 aromatic carbocycles. The zero-order valence-electron chi connectivity index (χ0n) is 17.6. The lowest BCUT2D eigenvalue weighted by molar-refractivity contribution is -0.143. The van der Waals surface area contributed by atoms with Gasteiger partial charge in [0.25, 0.3) is 5.91 Å². The molecule has 0 unspecified atom stereocenters. The minimum absolute atomic E-state index is 0.0916. The molecule has 0 fully saturated rings. The molecule has 11 heteroatoms. The van der Waals surface area contributed by atoms with Gasteiger partial charge in [-0.05, 0) is 36.8 Å². The highest BCUT2D eigenvalue weighted by atomic mass is 32.2. The molecule has 0 atom stereocenters. The number of anilines is 1. The quantitative estimate of drug-likeness (QED) is 0.478. The molecule has 7 nitrogen and oxygen atoms in total. The van der Waals surface area contributed by atoms with Gasteiger partial charge in [0.05, 0.1) is 23.2 Å². The molecule has 0 aliphatic carbocycles. The number of alkyl halides is 3. The van der Waals surface area contributed by atoms with Crippen molar-refractivity contribution < 1.29 is 26.4 Å². The Morgan fingerprint density at radius 3 is 2.33 bits per heavy atom. The second-order valence-electron chi connectivity index (χ2n) is 7.20. The summed E-state index contributed by atoms with van der Waals surface area (Å²) in [6.45, 7) is 5.33. The van der Waals surface area contributed by atoms with Crippen molar-refractivity contribution in [2.45, 2.75) is 18.9 Å². The van der Waals surface area contributed by atoms with Crippen molar-refractivity contribution in [3.05, 3.63) is 89.8 Å². The second-order valence-corrected chi connectivity index (χ2v) is 9.01. The Bertz CT molecular complexity index is 1250. The molecule has 1 amide bonds. The van der Waals surface area contributed by atoms with Gasteiger partial charge in [0.1, 0.15) is 0 Å². The third-order valence-electron chi connectivity index (χ3n) is 4.58. The number of nitrogens with zero attached hydrogens (tertiary/aromatic N) is 2. The minimum atomic E-state index is -4.83. The summed E-state index contributed by atoms with van der Waals surface area (Å²) >= 11 is 0. The molecule has 0 aliphatic rings. The molecular weight excluding hydrogens is 457 g/mol. The van der Waals surface area contributed by atoms with Gasteiger partial charge < -0.3 is 5.32 Å². The van der Waals surface area contributed by atoms with Gasteiger partial charge in [-0.25, -0.2) is 17.8 Å². The van der Waals surface area contributed by atoms with Crippen LogP contribution < -0.4 is 10.0 Å². The average Bonchev–Trinajstić information content (AvgIpc) is 3.20.